The molecule has 1 saturated heterocycles. The first-order valence-corrected chi connectivity index (χ1v) is 11.8. The van der Waals surface area contributed by atoms with Gasteiger partial charge < -0.3 is 10.1 Å². The molecule has 166 valence electrons. The van der Waals surface area contributed by atoms with Crippen LogP contribution < -0.4 is 10.1 Å². The second kappa shape index (κ2) is 9.62. The Labute approximate surface area is 183 Å². The molecule has 0 aliphatic carbocycles. The number of carbonyl (C=O) groups excluding carboxylic acids is 2. The van der Waals surface area contributed by atoms with E-state index in [0.29, 0.717) is 43.0 Å². The van der Waals surface area contributed by atoms with Gasteiger partial charge in [-0.1, -0.05) is 12.1 Å². The van der Waals surface area contributed by atoms with Crippen molar-refractivity contribution in [2.24, 2.45) is 5.92 Å². The Morgan fingerprint density at radius 3 is 2.65 bits per heavy atom. The molecule has 3 rings (SSSR count). The quantitative estimate of drug-likeness (QED) is 0.658. The number of nitrogens with one attached hydrogen (secondary N) is 1. The molecule has 0 unspecified atom stereocenters. The first kappa shape index (κ1) is 23.0. The van der Waals surface area contributed by atoms with Gasteiger partial charge in [-0.2, -0.15) is 4.31 Å². The van der Waals surface area contributed by atoms with E-state index in [1.165, 1.54) is 11.2 Å². The predicted octanol–water partition coefficient (Wildman–Crippen LogP) is 3.64. The lowest BCUT2D eigenvalue weighted by molar-refractivity contribution is -0.120. The first-order chi connectivity index (χ1) is 14.7. The number of sulfonamides is 1. The molecule has 0 radical (unpaired) electrons. The summed E-state index contributed by atoms with van der Waals surface area (Å²) in [6.45, 7) is 6.15. The number of aryl methyl sites for hydroxylation is 1. The van der Waals surface area contributed by atoms with Crippen LogP contribution in [0.5, 0.6) is 5.75 Å². The highest BCUT2D eigenvalue weighted by Crippen LogP contribution is 2.28. The van der Waals surface area contributed by atoms with Crippen molar-refractivity contribution in [1.82, 2.24) is 4.31 Å². The molecule has 1 fully saturated rings. The van der Waals surface area contributed by atoms with Gasteiger partial charge in [-0.15, -0.1) is 0 Å². The third kappa shape index (κ3) is 5.32. The Bertz CT molecular complexity index is 1080. The molecule has 0 saturated carbocycles. The van der Waals surface area contributed by atoms with Gasteiger partial charge in [0.15, 0.2) is 5.78 Å². The van der Waals surface area contributed by atoms with E-state index in [2.05, 4.69) is 5.32 Å². The molecule has 31 heavy (non-hydrogen) atoms. The van der Waals surface area contributed by atoms with Crippen molar-refractivity contribution in [3.05, 3.63) is 53.6 Å². The van der Waals surface area contributed by atoms with E-state index in [1.54, 1.807) is 42.5 Å². The van der Waals surface area contributed by atoms with E-state index >= 15 is 0 Å². The molecule has 7 nitrogen and oxygen atoms in total. The number of rotatable bonds is 7. The summed E-state index contributed by atoms with van der Waals surface area (Å²) in [5.74, 6) is -0.140. The van der Waals surface area contributed by atoms with Gasteiger partial charge in [-0.25, -0.2) is 8.42 Å². The van der Waals surface area contributed by atoms with Crippen molar-refractivity contribution in [2.75, 3.05) is 25.0 Å². The molecular weight excluding hydrogens is 416 g/mol. The number of hydrogen-bond acceptors (Lipinski definition) is 5. The minimum atomic E-state index is -3.72. The number of ketones is 1. The molecule has 2 aromatic carbocycles. The van der Waals surface area contributed by atoms with Gasteiger partial charge in [0.1, 0.15) is 5.75 Å². The fourth-order valence-corrected chi connectivity index (χ4v) is 5.29. The highest BCUT2D eigenvalue weighted by molar-refractivity contribution is 7.89. The fourth-order valence-electron chi connectivity index (χ4n) is 3.68. The van der Waals surface area contributed by atoms with E-state index in [0.717, 1.165) is 5.56 Å². The lowest BCUT2D eigenvalue weighted by Crippen LogP contribution is -2.43. The molecule has 8 heteroatoms. The maximum Gasteiger partial charge on any atom is 0.243 e. The molecular formula is C23H28N2O5S. The number of amides is 1. The number of benzene rings is 2. The summed E-state index contributed by atoms with van der Waals surface area (Å²) in [7, 11) is -3.72. The van der Waals surface area contributed by atoms with Gasteiger partial charge in [0.05, 0.1) is 17.4 Å². The maximum atomic E-state index is 13.2. The monoisotopic (exact) mass is 444 g/mol. The average molecular weight is 445 g/mol. The summed E-state index contributed by atoms with van der Waals surface area (Å²) in [6, 6.07) is 11.6. The Kier molecular flexibility index (Phi) is 7.12. The van der Waals surface area contributed by atoms with Crippen LogP contribution in [0.4, 0.5) is 5.69 Å². The Morgan fingerprint density at radius 1 is 1.19 bits per heavy atom. The van der Waals surface area contributed by atoms with Crippen LogP contribution in [0.25, 0.3) is 0 Å². The number of Topliss-reactive ketones (excluding diaryl/α,β-unsaturated/α-hetero) is 1. The molecule has 1 heterocycles. The van der Waals surface area contributed by atoms with E-state index in [9.17, 15) is 18.0 Å². The van der Waals surface area contributed by atoms with Crippen LogP contribution in [0.2, 0.25) is 0 Å². The molecule has 0 spiro atoms. The van der Waals surface area contributed by atoms with Crippen molar-refractivity contribution >= 4 is 27.4 Å². The second-order valence-corrected chi connectivity index (χ2v) is 9.63. The van der Waals surface area contributed by atoms with Crippen molar-refractivity contribution in [3.8, 4) is 5.75 Å². The van der Waals surface area contributed by atoms with Crippen molar-refractivity contribution in [1.29, 1.82) is 0 Å². The largest absolute Gasteiger partial charge is 0.494 e. The van der Waals surface area contributed by atoms with Crippen LogP contribution in [-0.2, 0) is 14.8 Å². The number of carbonyl (C=O) groups is 2. The van der Waals surface area contributed by atoms with Crippen LogP contribution in [-0.4, -0.2) is 44.1 Å². The molecule has 0 bridgehead atoms. The average Bonchev–Trinajstić information content (AvgIpc) is 2.75. The maximum absolute atomic E-state index is 13.2. The van der Waals surface area contributed by atoms with Crippen LogP contribution in [0, 0.1) is 12.8 Å². The zero-order valence-electron chi connectivity index (χ0n) is 18.1. The Morgan fingerprint density at radius 2 is 1.97 bits per heavy atom. The molecule has 1 amide bonds. The lowest BCUT2D eigenvalue weighted by Gasteiger charge is -2.31. The van der Waals surface area contributed by atoms with E-state index < -0.39 is 15.9 Å². The molecule has 1 atom stereocenters. The Balaban J connectivity index is 1.73. The summed E-state index contributed by atoms with van der Waals surface area (Å²) < 4.78 is 33.2. The predicted molar refractivity (Wildman–Crippen MR) is 119 cm³/mol. The third-order valence-corrected chi connectivity index (χ3v) is 7.24. The summed E-state index contributed by atoms with van der Waals surface area (Å²) >= 11 is 0. The minimum absolute atomic E-state index is 0.0864. The van der Waals surface area contributed by atoms with Crippen molar-refractivity contribution in [2.45, 2.75) is 38.5 Å². The molecule has 2 aromatic rings. The van der Waals surface area contributed by atoms with E-state index in [-0.39, 0.29) is 23.1 Å². The van der Waals surface area contributed by atoms with Gasteiger partial charge in [-0.3, -0.25) is 9.59 Å². The number of ether oxygens (including phenoxy) is 1. The van der Waals surface area contributed by atoms with Gasteiger partial charge in [0, 0.05) is 24.3 Å². The number of hydrogen-bond donors (Lipinski definition) is 1. The van der Waals surface area contributed by atoms with Crippen molar-refractivity contribution in [3.63, 3.8) is 0 Å². The molecule has 0 aromatic heterocycles. The van der Waals surface area contributed by atoms with Gasteiger partial charge in [-0.05, 0) is 69.5 Å². The number of nitrogens with zero attached hydrogens (tertiary/aromatic N) is 1. The molecule has 1 aliphatic heterocycles. The summed E-state index contributed by atoms with van der Waals surface area (Å²) in [4.78, 5) is 24.6. The van der Waals surface area contributed by atoms with Gasteiger partial charge >= 0.3 is 0 Å². The Hall–Kier alpha value is -2.71. The lowest BCUT2D eigenvalue weighted by atomic mass is 9.98. The summed E-state index contributed by atoms with van der Waals surface area (Å²) in [6.07, 6.45) is 1.20. The standard InChI is InChI=1S/C23H28N2O5S/c1-4-30-22-11-10-21(13-16(22)2)31(28,29)25-12-6-8-19(15-25)23(27)24-20-9-5-7-18(14-20)17(3)26/h5,7,9-11,13-14,19H,4,6,8,12,15H2,1-3H3,(H,24,27)/t19-/m1/s1. The van der Waals surface area contributed by atoms with E-state index in [1.807, 2.05) is 13.8 Å². The topological polar surface area (TPSA) is 92.8 Å². The van der Waals surface area contributed by atoms with Crippen LogP contribution >= 0.6 is 0 Å². The third-order valence-electron chi connectivity index (χ3n) is 5.38. The number of anilines is 1. The molecule has 1 aliphatic rings. The summed E-state index contributed by atoms with van der Waals surface area (Å²) in [5.41, 5.74) is 1.79. The number of piperidine rings is 1. The highest BCUT2D eigenvalue weighted by atomic mass is 32.2. The summed E-state index contributed by atoms with van der Waals surface area (Å²) in [5, 5.41) is 2.82. The second-order valence-electron chi connectivity index (χ2n) is 7.69. The smallest absolute Gasteiger partial charge is 0.243 e. The van der Waals surface area contributed by atoms with Crippen LogP contribution in [0.3, 0.4) is 0 Å². The minimum Gasteiger partial charge on any atom is -0.494 e. The van der Waals surface area contributed by atoms with Gasteiger partial charge in [0.25, 0.3) is 0 Å². The fraction of sp³-hybridized carbons (Fsp3) is 0.391. The van der Waals surface area contributed by atoms with Crippen LogP contribution in [0.1, 0.15) is 42.6 Å². The van der Waals surface area contributed by atoms with Crippen LogP contribution in [0.15, 0.2) is 47.4 Å². The van der Waals surface area contributed by atoms with E-state index in [4.69, 9.17) is 4.74 Å². The normalized spacial score (nSPS) is 17.2. The van der Waals surface area contributed by atoms with Gasteiger partial charge in [0.2, 0.25) is 15.9 Å². The zero-order chi connectivity index (χ0) is 22.6. The van der Waals surface area contributed by atoms with Crippen molar-refractivity contribution < 1.29 is 22.7 Å². The first-order valence-electron chi connectivity index (χ1n) is 10.4. The SMILES string of the molecule is CCOc1ccc(S(=O)(=O)N2CCC[C@@H](C(=O)Nc3cccc(C(C)=O)c3)C2)cc1C. The molecule has 1 N–H and O–H groups in total. The highest BCUT2D eigenvalue weighted by Gasteiger charge is 2.33. The zero-order valence-corrected chi connectivity index (χ0v) is 18.9.